The highest BCUT2D eigenvalue weighted by molar-refractivity contribution is 5.48. The Bertz CT molecular complexity index is 709. The summed E-state index contributed by atoms with van der Waals surface area (Å²) in [6.45, 7) is 2.13. The molecule has 0 aromatic rings. The smallest absolute Gasteiger partial charge is 0.131 e. The van der Waals surface area contributed by atoms with Crippen LogP contribution in [0.4, 0.5) is 0 Å². The molecule has 1 saturated carbocycles. The Labute approximate surface area is 144 Å². The van der Waals surface area contributed by atoms with Crippen LogP contribution in [0.5, 0.6) is 0 Å². The summed E-state index contributed by atoms with van der Waals surface area (Å²) in [5.41, 5.74) is -0.0673. The molecule has 0 amide bonds. The van der Waals surface area contributed by atoms with E-state index in [1.165, 1.54) is 0 Å². The van der Waals surface area contributed by atoms with Gasteiger partial charge in [-0.25, -0.2) is 0 Å². The Hall–Kier alpha value is -1.50. The van der Waals surface area contributed by atoms with Crippen LogP contribution in [0.1, 0.15) is 45.4 Å². The minimum absolute atomic E-state index is 0.275. The Morgan fingerprint density at radius 3 is 2.79 bits per heavy atom. The van der Waals surface area contributed by atoms with Gasteiger partial charge in [0, 0.05) is 11.8 Å². The summed E-state index contributed by atoms with van der Waals surface area (Å²) in [5, 5.41) is 22.4. The summed E-state index contributed by atoms with van der Waals surface area (Å²) < 4.78 is 5.38. The van der Waals surface area contributed by atoms with Crippen molar-refractivity contribution in [2.24, 2.45) is 17.3 Å². The molecule has 2 N–H and O–H groups in total. The third-order valence-electron chi connectivity index (χ3n) is 7.31. The zero-order chi connectivity index (χ0) is 17.2. The number of hydrogen-bond donors (Lipinski definition) is 2. The lowest BCUT2D eigenvalue weighted by Crippen LogP contribution is -2.51. The van der Waals surface area contributed by atoms with E-state index in [-0.39, 0.29) is 11.3 Å². The summed E-state index contributed by atoms with van der Waals surface area (Å²) in [5.74, 6) is 4.22. The SMILES string of the molecule is C#C[C@]1(O)CCC2C3CC=C4C=C(OC)CC[C@]4(O)C3=CC[C@@]21C. The van der Waals surface area contributed by atoms with E-state index in [4.69, 9.17) is 11.2 Å². The molecule has 1 fully saturated rings. The Morgan fingerprint density at radius 1 is 1.29 bits per heavy atom. The molecule has 4 rings (SSSR count). The molecule has 0 bridgehead atoms. The van der Waals surface area contributed by atoms with Crippen molar-refractivity contribution in [2.45, 2.75) is 56.7 Å². The fourth-order valence-electron chi connectivity index (χ4n) is 5.70. The monoisotopic (exact) mass is 326 g/mol. The number of fused-ring (bicyclic) bond motifs is 5. The van der Waals surface area contributed by atoms with Crippen molar-refractivity contribution >= 4 is 0 Å². The number of methoxy groups -OCH3 is 1. The van der Waals surface area contributed by atoms with E-state index in [2.05, 4.69) is 25.0 Å². The first-order valence-electron chi connectivity index (χ1n) is 8.96. The summed E-state index contributed by atoms with van der Waals surface area (Å²) in [4.78, 5) is 0. The van der Waals surface area contributed by atoms with Gasteiger partial charge in [-0.1, -0.05) is 25.0 Å². The number of rotatable bonds is 1. The third kappa shape index (κ3) is 1.82. The first-order valence-corrected chi connectivity index (χ1v) is 8.96. The standard InChI is InChI=1S/C21H26O3/c1-4-20(22)11-9-17-16-6-5-14-13-15(24-3)7-12-21(14,23)18(16)8-10-19(17,20)2/h1,5,8,13,16-17,22-23H,6-7,9-12H2,2-3H3/t16?,17?,19-,20-,21+/m0/s1. The highest BCUT2D eigenvalue weighted by Crippen LogP contribution is 2.62. The quantitative estimate of drug-likeness (QED) is 0.575. The largest absolute Gasteiger partial charge is 0.501 e. The average Bonchev–Trinajstić information content (AvgIpc) is 2.86. The van der Waals surface area contributed by atoms with Crippen LogP contribution >= 0.6 is 0 Å². The molecule has 4 aliphatic carbocycles. The number of allylic oxidation sites excluding steroid dienone is 3. The summed E-state index contributed by atoms with van der Waals surface area (Å²) in [6.07, 6.45) is 16.7. The van der Waals surface area contributed by atoms with Gasteiger partial charge < -0.3 is 14.9 Å². The molecule has 3 nitrogen and oxygen atoms in total. The minimum Gasteiger partial charge on any atom is -0.501 e. The lowest BCUT2D eigenvalue weighted by Gasteiger charge is -2.52. The highest BCUT2D eigenvalue weighted by Gasteiger charge is 2.61. The molecule has 4 aliphatic rings. The van der Waals surface area contributed by atoms with Gasteiger partial charge in [0.15, 0.2) is 0 Å². The van der Waals surface area contributed by atoms with E-state index >= 15 is 0 Å². The zero-order valence-electron chi connectivity index (χ0n) is 14.5. The Kier molecular flexibility index (Phi) is 3.33. The average molecular weight is 326 g/mol. The van der Waals surface area contributed by atoms with Crippen LogP contribution in [0, 0.1) is 29.6 Å². The van der Waals surface area contributed by atoms with Crippen molar-refractivity contribution in [3.63, 3.8) is 0 Å². The van der Waals surface area contributed by atoms with E-state index in [1.54, 1.807) is 7.11 Å². The van der Waals surface area contributed by atoms with Gasteiger partial charge >= 0.3 is 0 Å². The number of hydrogen-bond acceptors (Lipinski definition) is 3. The maximum Gasteiger partial charge on any atom is 0.131 e. The van der Waals surface area contributed by atoms with E-state index in [0.717, 1.165) is 42.6 Å². The van der Waals surface area contributed by atoms with Crippen molar-refractivity contribution in [1.82, 2.24) is 0 Å². The van der Waals surface area contributed by atoms with Gasteiger partial charge in [-0.2, -0.15) is 0 Å². The second kappa shape index (κ2) is 5.00. The summed E-state index contributed by atoms with van der Waals surface area (Å²) >= 11 is 0. The first-order chi connectivity index (χ1) is 11.4. The van der Waals surface area contributed by atoms with Gasteiger partial charge in [-0.3, -0.25) is 0 Å². The van der Waals surface area contributed by atoms with Gasteiger partial charge in [0.25, 0.3) is 0 Å². The topological polar surface area (TPSA) is 49.7 Å². The number of terminal acetylenes is 1. The van der Waals surface area contributed by atoms with Crippen molar-refractivity contribution in [2.75, 3.05) is 7.11 Å². The molecule has 0 saturated heterocycles. The number of ether oxygens (including phenoxy) is 1. The van der Waals surface area contributed by atoms with E-state index in [1.807, 2.05) is 6.08 Å². The molecule has 2 unspecified atom stereocenters. The van der Waals surface area contributed by atoms with Crippen LogP contribution < -0.4 is 0 Å². The first kappa shape index (κ1) is 16.0. The van der Waals surface area contributed by atoms with Crippen molar-refractivity contribution in [3.05, 3.63) is 35.1 Å². The van der Waals surface area contributed by atoms with E-state index in [9.17, 15) is 10.2 Å². The Morgan fingerprint density at radius 2 is 2.08 bits per heavy atom. The predicted octanol–water partition coefficient (Wildman–Crippen LogP) is 3.10. The maximum atomic E-state index is 11.5. The van der Waals surface area contributed by atoms with Gasteiger partial charge in [-0.15, -0.1) is 6.42 Å². The predicted molar refractivity (Wildman–Crippen MR) is 92.8 cm³/mol. The van der Waals surface area contributed by atoms with E-state index in [0.29, 0.717) is 18.8 Å². The maximum absolute atomic E-state index is 11.5. The van der Waals surface area contributed by atoms with Crippen LogP contribution in [0.15, 0.2) is 35.1 Å². The van der Waals surface area contributed by atoms with Crippen LogP contribution in [-0.2, 0) is 4.74 Å². The van der Waals surface area contributed by atoms with Crippen molar-refractivity contribution in [3.8, 4) is 12.3 Å². The summed E-state index contributed by atoms with van der Waals surface area (Å²) in [7, 11) is 1.69. The van der Waals surface area contributed by atoms with Crippen LogP contribution in [0.2, 0.25) is 0 Å². The molecule has 128 valence electrons. The molecular formula is C21H26O3. The zero-order valence-corrected chi connectivity index (χ0v) is 14.5. The molecule has 0 heterocycles. The highest BCUT2D eigenvalue weighted by atomic mass is 16.5. The molecule has 5 atom stereocenters. The second-order valence-electron chi connectivity index (χ2n) is 8.11. The molecule has 0 spiro atoms. The molecule has 3 heteroatoms. The molecule has 0 aromatic heterocycles. The van der Waals surface area contributed by atoms with Gasteiger partial charge in [0.1, 0.15) is 11.2 Å². The molecular weight excluding hydrogens is 300 g/mol. The third-order valence-corrected chi connectivity index (χ3v) is 7.31. The van der Waals surface area contributed by atoms with E-state index < -0.39 is 11.2 Å². The number of aliphatic hydroxyl groups is 2. The van der Waals surface area contributed by atoms with Crippen LogP contribution in [0.3, 0.4) is 0 Å². The van der Waals surface area contributed by atoms with Gasteiger partial charge in [0.05, 0.1) is 12.9 Å². The molecule has 0 radical (unpaired) electrons. The van der Waals surface area contributed by atoms with Gasteiger partial charge in [-0.05, 0) is 61.2 Å². The molecule has 0 aliphatic heterocycles. The van der Waals surface area contributed by atoms with Crippen LogP contribution in [0.25, 0.3) is 0 Å². The fourth-order valence-corrected chi connectivity index (χ4v) is 5.70. The lowest BCUT2D eigenvalue weighted by atomic mass is 9.55. The molecule has 24 heavy (non-hydrogen) atoms. The minimum atomic E-state index is -1.03. The normalized spacial score (nSPS) is 46.5. The van der Waals surface area contributed by atoms with Crippen molar-refractivity contribution < 1.29 is 14.9 Å². The van der Waals surface area contributed by atoms with Crippen molar-refractivity contribution in [1.29, 1.82) is 0 Å². The fraction of sp³-hybridized carbons (Fsp3) is 0.619. The van der Waals surface area contributed by atoms with Crippen LogP contribution in [-0.4, -0.2) is 28.5 Å². The van der Waals surface area contributed by atoms with Gasteiger partial charge in [0.2, 0.25) is 0 Å². The molecule has 0 aromatic carbocycles. The summed E-state index contributed by atoms with van der Waals surface area (Å²) in [6, 6.07) is 0. The Balaban J connectivity index is 1.76. The second-order valence-corrected chi connectivity index (χ2v) is 8.11. The lowest BCUT2D eigenvalue weighted by molar-refractivity contribution is -0.0405.